The van der Waals surface area contributed by atoms with Crippen molar-refractivity contribution in [1.29, 1.82) is 0 Å². The third-order valence-electron chi connectivity index (χ3n) is 4.41. The van der Waals surface area contributed by atoms with E-state index in [2.05, 4.69) is 0 Å². The first-order chi connectivity index (χ1) is 11.7. The molecule has 0 N–H and O–H groups in total. The molecule has 1 aliphatic rings. The number of carbonyl (C=O) groups is 2. The number of carbonyl (C=O) groups excluding carboxylic acids is 2. The zero-order valence-corrected chi connectivity index (χ0v) is 13.6. The lowest BCUT2D eigenvalue weighted by Gasteiger charge is -2.46. The summed E-state index contributed by atoms with van der Waals surface area (Å²) in [6.07, 6.45) is 3.06. The van der Waals surface area contributed by atoms with Crippen LogP contribution in [0.2, 0.25) is 0 Å². The van der Waals surface area contributed by atoms with E-state index in [1.165, 1.54) is 12.5 Å². The van der Waals surface area contributed by atoms with E-state index in [9.17, 15) is 9.59 Å². The van der Waals surface area contributed by atoms with Crippen LogP contribution in [0.4, 0.5) is 0 Å². The molecule has 0 spiro atoms. The van der Waals surface area contributed by atoms with Crippen LogP contribution in [0.3, 0.4) is 0 Å². The van der Waals surface area contributed by atoms with Gasteiger partial charge in [0.05, 0.1) is 37.6 Å². The molecule has 0 unspecified atom stereocenters. The van der Waals surface area contributed by atoms with Crippen molar-refractivity contribution >= 4 is 11.9 Å². The van der Waals surface area contributed by atoms with Crippen LogP contribution < -0.4 is 0 Å². The summed E-state index contributed by atoms with van der Waals surface area (Å²) in [6.45, 7) is 4.05. The predicted molar refractivity (Wildman–Crippen MR) is 83.1 cm³/mol. The average molecular weight is 332 g/mol. The van der Waals surface area contributed by atoms with Crippen molar-refractivity contribution < 1.29 is 27.9 Å². The molecule has 0 radical (unpaired) electrons. The van der Waals surface area contributed by atoms with Crippen molar-refractivity contribution in [2.45, 2.75) is 25.7 Å². The van der Waals surface area contributed by atoms with E-state index in [-0.39, 0.29) is 25.2 Å². The molecule has 0 amide bonds. The van der Waals surface area contributed by atoms with Gasteiger partial charge < -0.3 is 18.3 Å². The minimum absolute atomic E-state index is 0.273. The molecule has 6 heteroatoms. The molecular weight excluding hydrogens is 312 g/mol. The Morgan fingerprint density at radius 3 is 1.58 bits per heavy atom. The minimum Gasteiger partial charge on any atom is -0.469 e. The molecule has 0 aliphatic heterocycles. The van der Waals surface area contributed by atoms with Crippen molar-refractivity contribution in [2.24, 2.45) is 11.8 Å². The van der Waals surface area contributed by atoms with E-state index in [0.29, 0.717) is 11.5 Å². The fraction of sp³-hybridized carbons (Fsp3) is 0.444. The van der Waals surface area contributed by atoms with Crippen molar-refractivity contribution in [3.63, 3.8) is 0 Å². The Morgan fingerprint density at radius 1 is 0.875 bits per heavy atom. The summed E-state index contributed by atoms with van der Waals surface area (Å²) in [4.78, 5) is 25.0. The summed E-state index contributed by atoms with van der Waals surface area (Å²) in [5.74, 6) is -1.50. The van der Waals surface area contributed by atoms with Crippen LogP contribution in [0.25, 0.3) is 0 Å². The Kier molecular flexibility index (Phi) is 4.74. The highest BCUT2D eigenvalue weighted by Gasteiger charge is 2.61. The molecule has 24 heavy (non-hydrogen) atoms. The second-order valence-corrected chi connectivity index (χ2v) is 5.64. The molecule has 1 aliphatic carbocycles. The summed E-state index contributed by atoms with van der Waals surface area (Å²) < 4.78 is 21.4. The molecule has 0 bridgehead atoms. The second kappa shape index (κ2) is 6.95. The Hall–Kier alpha value is -2.50. The lowest BCUT2D eigenvalue weighted by atomic mass is 9.54. The Bertz CT molecular complexity index is 604. The normalized spacial score (nSPS) is 25.8. The largest absolute Gasteiger partial charge is 0.469 e. The zero-order chi connectivity index (χ0) is 17.1. The van der Waals surface area contributed by atoms with E-state index >= 15 is 0 Å². The predicted octanol–water partition coefficient (Wildman–Crippen LogP) is 3.11. The monoisotopic (exact) mass is 332 g/mol. The van der Waals surface area contributed by atoms with Gasteiger partial charge in [-0.05, 0) is 38.1 Å². The zero-order valence-electron chi connectivity index (χ0n) is 13.6. The number of ether oxygens (including phenoxy) is 2. The first-order valence-corrected chi connectivity index (χ1v) is 8.09. The van der Waals surface area contributed by atoms with Crippen LogP contribution in [0.15, 0.2) is 45.6 Å². The van der Waals surface area contributed by atoms with Crippen molar-refractivity contribution in [3.05, 3.63) is 48.3 Å². The van der Waals surface area contributed by atoms with Gasteiger partial charge in [0, 0.05) is 11.8 Å². The van der Waals surface area contributed by atoms with Crippen LogP contribution in [0.1, 0.15) is 37.2 Å². The number of hydrogen-bond donors (Lipinski definition) is 0. The molecule has 0 aromatic carbocycles. The highest BCUT2D eigenvalue weighted by Crippen LogP contribution is 2.58. The van der Waals surface area contributed by atoms with Gasteiger partial charge in [0.15, 0.2) is 0 Å². The molecule has 1 saturated carbocycles. The smallest absolute Gasteiger partial charge is 0.310 e. The molecule has 2 aromatic rings. The topological polar surface area (TPSA) is 78.9 Å². The van der Waals surface area contributed by atoms with Gasteiger partial charge in [-0.2, -0.15) is 0 Å². The summed E-state index contributed by atoms with van der Waals surface area (Å²) >= 11 is 0. The van der Waals surface area contributed by atoms with Gasteiger partial charge >= 0.3 is 11.9 Å². The first kappa shape index (κ1) is 16.4. The molecular formula is C18H20O6. The van der Waals surface area contributed by atoms with Crippen molar-refractivity contribution in [3.8, 4) is 0 Å². The SMILES string of the molecule is CCOC(=O)C1C(c2ccco2)C(C(=O)OCC)C1c1ccco1. The average Bonchev–Trinajstić information content (AvgIpc) is 3.20. The maximum absolute atomic E-state index is 12.5. The fourth-order valence-corrected chi connectivity index (χ4v) is 3.48. The van der Waals surface area contributed by atoms with E-state index in [0.717, 1.165) is 0 Å². The van der Waals surface area contributed by atoms with E-state index in [1.54, 1.807) is 38.1 Å². The lowest BCUT2D eigenvalue weighted by molar-refractivity contribution is -0.168. The van der Waals surface area contributed by atoms with Crippen LogP contribution >= 0.6 is 0 Å². The molecule has 128 valence electrons. The molecule has 2 aromatic heterocycles. The van der Waals surface area contributed by atoms with Crippen molar-refractivity contribution in [2.75, 3.05) is 13.2 Å². The van der Waals surface area contributed by atoms with Crippen LogP contribution in [0, 0.1) is 11.8 Å². The summed E-state index contributed by atoms with van der Waals surface area (Å²) in [7, 11) is 0. The highest BCUT2D eigenvalue weighted by molar-refractivity contribution is 5.84. The fourth-order valence-electron chi connectivity index (χ4n) is 3.48. The van der Waals surface area contributed by atoms with Gasteiger partial charge in [-0.15, -0.1) is 0 Å². The molecule has 6 nitrogen and oxygen atoms in total. The van der Waals surface area contributed by atoms with Gasteiger partial charge in [0.2, 0.25) is 0 Å². The molecule has 0 saturated heterocycles. The van der Waals surface area contributed by atoms with Crippen LogP contribution in [-0.4, -0.2) is 25.2 Å². The van der Waals surface area contributed by atoms with Gasteiger partial charge in [0.25, 0.3) is 0 Å². The molecule has 3 rings (SSSR count). The standard InChI is InChI=1S/C18H20O6/c1-3-21-17(19)15-13(11-7-5-9-23-11)16(18(20)22-4-2)14(15)12-8-6-10-24-12/h5-10,13-16H,3-4H2,1-2H3. The van der Waals surface area contributed by atoms with Gasteiger partial charge in [-0.25, -0.2) is 0 Å². The summed E-state index contributed by atoms with van der Waals surface area (Å²) in [5.41, 5.74) is 0. The van der Waals surface area contributed by atoms with E-state index in [4.69, 9.17) is 18.3 Å². The quantitative estimate of drug-likeness (QED) is 0.756. The van der Waals surface area contributed by atoms with Crippen LogP contribution in [-0.2, 0) is 19.1 Å². The van der Waals surface area contributed by atoms with E-state index < -0.39 is 23.7 Å². The highest BCUT2D eigenvalue weighted by atomic mass is 16.5. The summed E-state index contributed by atoms with van der Waals surface area (Å²) in [6, 6.07) is 7.00. The molecule has 1 fully saturated rings. The number of hydrogen-bond acceptors (Lipinski definition) is 6. The second-order valence-electron chi connectivity index (χ2n) is 5.64. The minimum atomic E-state index is -0.545. The molecule has 0 atom stereocenters. The van der Waals surface area contributed by atoms with Gasteiger partial charge in [0.1, 0.15) is 11.5 Å². The Morgan fingerprint density at radius 2 is 1.29 bits per heavy atom. The van der Waals surface area contributed by atoms with Crippen LogP contribution in [0.5, 0.6) is 0 Å². The number of furan rings is 2. The van der Waals surface area contributed by atoms with Gasteiger partial charge in [-0.3, -0.25) is 9.59 Å². The van der Waals surface area contributed by atoms with Crippen molar-refractivity contribution in [1.82, 2.24) is 0 Å². The third-order valence-corrected chi connectivity index (χ3v) is 4.41. The Balaban J connectivity index is 1.99. The Labute approximate surface area is 139 Å². The molecule has 2 heterocycles. The summed E-state index contributed by atoms with van der Waals surface area (Å²) in [5, 5.41) is 0. The lowest BCUT2D eigenvalue weighted by Crippen LogP contribution is -2.51. The third kappa shape index (κ3) is 2.72. The van der Waals surface area contributed by atoms with E-state index in [1.807, 2.05) is 0 Å². The van der Waals surface area contributed by atoms with Gasteiger partial charge in [-0.1, -0.05) is 0 Å². The number of esters is 2. The maximum atomic E-state index is 12.5. The maximum Gasteiger partial charge on any atom is 0.310 e. The first-order valence-electron chi connectivity index (χ1n) is 8.09. The number of rotatable bonds is 6.